The zero-order valence-electron chi connectivity index (χ0n) is 10.7. The molecule has 3 heteroatoms. The van der Waals surface area contributed by atoms with Crippen LogP contribution in [0.1, 0.15) is 18.4 Å². The third-order valence-corrected chi connectivity index (χ3v) is 4.47. The summed E-state index contributed by atoms with van der Waals surface area (Å²) in [5, 5.41) is 12.4. The Balaban J connectivity index is 1.88. The molecule has 0 saturated carbocycles. The van der Waals surface area contributed by atoms with E-state index in [1.165, 1.54) is 26.7 Å². The molecule has 19 heavy (non-hydrogen) atoms. The SMILES string of the molecule is OCCCCc1cccc2c1Nc1ccccc1S2. The molecule has 2 N–H and O–H groups in total. The highest BCUT2D eigenvalue weighted by atomic mass is 32.2. The van der Waals surface area contributed by atoms with E-state index in [9.17, 15) is 0 Å². The van der Waals surface area contributed by atoms with Crippen molar-refractivity contribution in [3.05, 3.63) is 48.0 Å². The lowest BCUT2D eigenvalue weighted by atomic mass is 10.1. The van der Waals surface area contributed by atoms with Crippen LogP contribution in [0.5, 0.6) is 0 Å². The lowest BCUT2D eigenvalue weighted by Crippen LogP contribution is -2.03. The maximum absolute atomic E-state index is 8.89. The van der Waals surface area contributed by atoms with E-state index in [2.05, 4.69) is 47.8 Å². The van der Waals surface area contributed by atoms with Crippen molar-refractivity contribution in [3.63, 3.8) is 0 Å². The molecule has 0 unspecified atom stereocenters. The fourth-order valence-corrected chi connectivity index (χ4v) is 3.39. The molecular formula is C16H17NOS. The van der Waals surface area contributed by atoms with Gasteiger partial charge >= 0.3 is 0 Å². The van der Waals surface area contributed by atoms with Crippen LogP contribution in [0.15, 0.2) is 52.3 Å². The first-order valence-electron chi connectivity index (χ1n) is 6.65. The van der Waals surface area contributed by atoms with Gasteiger partial charge in [0.2, 0.25) is 0 Å². The molecule has 0 saturated heterocycles. The Kier molecular flexibility index (Phi) is 3.76. The average Bonchev–Trinajstić information content (AvgIpc) is 2.46. The van der Waals surface area contributed by atoms with Gasteiger partial charge in [0.1, 0.15) is 0 Å². The number of nitrogens with one attached hydrogen (secondary N) is 1. The smallest absolute Gasteiger partial charge is 0.0558 e. The van der Waals surface area contributed by atoms with Crippen LogP contribution < -0.4 is 5.32 Å². The molecule has 0 fully saturated rings. The van der Waals surface area contributed by atoms with Crippen LogP contribution in [0.2, 0.25) is 0 Å². The molecule has 0 amide bonds. The predicted molar refractivity (Wildman–Crippen MR) is 80.3 cm³/mol. The van der Waals surface area contributed by atoms with Crippen LogP contribution >= 0.6 is 11.8 Å². The minimum absolute atomic E-state index is 0.278. The van der Waals surface area contributed by atoms with Crippen molar-refractivity contribution in [3.8, 4) is 0 Å². The van der Waals surface area contributed by atoms with Crippen molar-refractivity contribution in [1.29, 1.82) is 0 Å². The molecule has 0 atom stereocenters. The predicted octanol–water partition coefficient (Wildman–Crippen LogP) is 4.21. The van der Waals surface area contributed by atoms with Gasteiger partial charge in [0, 0.05) is 16.4 Å². The maximum Gasteiger partial charge on any atom is 0.0558 e. The number of aryl methyl sites for hydroxylation is 1. The highest BCUT2D eigenvalue weighted by Gasteiger charge is 2.17. The summed E-state index contributed by atoms with van der Waals surface area (Å²) in [5.41, 5.74) is 3.77. The molecule has 0 radical (unpaired) electrons. The lowest BCUT2D eigenvalue weighted by Gasteiger charge is -2.23. The standard InChI is InChI=1S/C16H17NOS/c18-11-4-3-6-12-7-5-10-15-16(12)17-13-8-1-2-9-14(13)19-15/h1-2,5,7-10,17-18H,3-4,6,11H2. The van der Waals surface area contributed by atoms with Gasteiger partial charge in [-0.15, -0.1) is 0 Å². The van der Waals surface area contributed by atoms with Crippen LogP contribution in [-0.4, -0.2) is 11.7 Å². The number of hydrogen-bond donors (Lipinski definition) is 2. The molecule has 1 aliphatic heterocycles. The minimum Gasteiger partial charge on any atom is -0.396 e. The molecule has 2 aromatic carbocycles. The Labute approximate surface area is 117 Å². The van der Waals surface area contributed by atoms with Crippen LogP contribution in [0, 0.1) is 0 Å². The second-order valence-electron chi connectivity index (χ2n) is 4.69. The average molecular weight is 271 g/mol. The summed E-state index contributed by atoms with van der Waals surface area (Å²) in [7, 11) is 0. The van der Waals surface area contributed by atoms with Gasteiger partial charge in [-0.25, -0.2) is 0 Å². The summed E-state index contributed by atoms with van der Waals surface area (Å²) in [5.74, 6) is 0. The van der Waals surface area contributed by atoms with Crippen LogP contribution in [0.25, 0.3) is 0 Å². The number of aliphatic hydroxyl groups excluding tert-OH is 1. The van der Waals surface area contributed by atoms with Crippen molar-refractivity contribution < 1.29 is 5.11 Å². The van der Waals surface area contributed by atoms with E-state index < -0.39 is 0 Å². The number of hydrogen-bond acceptors (Lipinski definition) is 3. The molecule has 2 nitrogen and oxygen atoms in total. The van der Waals surface area contributed by atoms with E-state index in [4.69, 9.17) is 5.11 Å². The summed E-state index contributed by atoms with van der Waals surface area (Å²) in [4.78, 5) is 2.57. The minimum atomic E-state index is 0.278. The number of anilines is 2. The Hall–Kier alpha value is -1.45. The van der Waals surface area contributed by atoms with Crippen LogP contribution in [-0.2, 0) is 6.42 Å². The van der Waals surface area contributed by atoms with Crippen molar-refractivity contribution in [2.75, 3.05) is 11.9 Å². The van der Waals surface area contributed by atoms with E-state index in [-0.39, 0.29) is 6.61 Å². The summed E-state index contributed by atoms with van der Waals surface area (Å²) in [6, 6.07) is 14.9. The van der Waals surface area contributed by atoms with Gasteiger partial charge in [0.05, 0.1) is 11.4 Å². The highest BCUT2D eigenvalue weighted by molar-refractivity contribution is 7.99. The van der Waals surface area contributed by atoms with E-state index in [0.29, 0.717) is 0 Å². The number of para-hydroxylation sites is 2. The molecule has 98 valence electrons. The van der Waals surface area contributed by atoms with Gasteiger partial charge in [-0.2, -0.15) is 0 Å². The third-order valence-electron chi connectivity index (χ3n) is 3.33. The normalized spacial score (nSPS) is 12.5. The Morgan fingerprint density at radius 2 is 1.79 bits per heavy atom. The monoisotopic (exact) mass is 271 g/mol. The Morgan fingerprint density at radius 1 is 0.947 bits per heavy atom. The zero-order chi connectivity index (χ0) is 13.1. The number of fused-ring (bicyclic) bond motifs is 2. The van der Waals surface area contributed by atoms with Gasteiger partial charge in [0.25, 0.3) is 0 Å². The number of benzene rings is 2. The van der Waals surface area contributed by atoms with Gasteiger partial charge < -0.3 is 10.4 Å². The zero-order valence-corrected chi connectivity index (χ0v) is 11.5. The van der Waals surface area contributed by atoms with Gasteiger partial charge in [-0.05, 0) is 43.0 Å². The van der Waals surface area contributed by atoms with Gasteiger partial charge in [-0.3, -0.25) is 0 Å². The second kappa shape index (κ2) is 5.68. The first-order valence-corrected chi connectivity index (χ1v) is 7.47. The van der Waals surface area contributed by atoms with E-state index in [1.807, 2.05) is 11.8 Å². The lowest BCUT2D eigenvalue weighted by molar-refractivity contribution is 0.284. The summed E-state index contributed by atoms with van der Waals surface area (Å²) in [6.07, 6.45) is 2.91. The van der Waals surface area contributed by atoms with E-state index in [0.717, 1.165) is 19.3 Å². The van der Waals surface area contributed by atoms with Crippen molar-refractivity contribution in [2.24, 2.45) is 0 Å². The van der Waals surface area contributed by atoms with E-state index >= 15 is 0 Å². The maximum atomic E-state index is 8.89. The summed E-state index contributed by atoms with van der Waals surface area (Å²) >= 11 is 1.82. The van der Waals surface area contributed by atoms with Gasteiger partial charge in [0.15, 0.2) is 0 Å². The molecule has 0 aromatic heterocycles. The molecule has 0 spiro atoms. The second-order valence-corrected chi connectivity index (χ2v) is 5.78. The molecule has 1 aliphatic rings. The van der Waals surface area contributed by atoms with Crippen molar-refractivity contribution >= 4 is 23.1 Å². The first-order chi connectivity index (χ1) is 9.38. The summed E-state index contributed by atoms with van der Waals surface area (Å²) < 4.78 is 0. The quantitative estimate of drug-likeness (QED) is 0.697. The number of rotatable bonds is 4. The van der Waals surface area contributed by atoms with Crippen molar-refractivity contribution in [1.82, 2.24) is 0 Å². The molecule has 0 bridgehead atoms. The van der Waals surface area contributed by atoms with Crippen molar-refractivity contribution in [2.45, 2.75) is 29.1 Å². The Morgan fingerprint density at radius 3 is 2.68 bits per heavy atom. The van der Waals surface area contributed by atoms with Crippen LogP contribution in [0.3, 0.4) is 0 Å². The van der Waals surface area contributed by atoms with Gasteiger partial charge in [-0.1, -0.05) is 36.0 Å². The largest absolute Gasteiger partial charge is 0.396 e. The summed E-state index contributed by atoms with van der Waals surface area (Å²) in [6.45, 7) is 0.278. The first kappa shape index (κ1) is 12.6. The number of unbranched alkanes of at least 4 members (excludes halogenated alkanes) is 1. The molecular weight excluding hydrogens is 254 g/mol. The van der Waals surface area contributed by atoms with Crippen LogP contribution in [0.4, 0.5) is 11.4 Å². The molecule has 1 heterocycles. The number of aliphatic hydroxyl groups is 1. The van der Waals surface area contributed by atoms with E-state index in [1.54, 1.807) is 0 Å². The third kappa shape index (κ3) is 2.62. The molecule has 0 aliphatic carbocycles. The topological polar surface area (TPSA) is 32.3 Å². The Bertz CT molecular complexity index is 583. The molecule has 3 rings (SSSR count). The molecule has 2 aromatic rings. The highest BCUT2D eigenvalue weighted by Crippen LogP contribution is 2.45. The fourth-order valence-electron chi connectivity index (χ4n) is 2.35. The fraction of sp³-hybridized carbons (Fsp3) is 0.250.